The minimum atomic E-state index is -0.0368. The molecule has 19 heavy (non-hydrogen) atoms. The molecule has 6 heteroatoms. The third-order valence-electron chi connectivity index (χ3n) is 3.55. The van der Waals surface area contributed by atoms with Gasteiger partial charge in [-0.25, -0.2) is 0 Å². The van der Waals surface area contributed by atoms with Crippen LogP contribution in [0.5, 0.6) is 0 Å². The topological polar surface area (TPSA) is 57.0 Å². The number of rotatable bonds is 5. The van der Waals surface area contributed by atoms with Crippen molar-refractivity contribution in [1.29, 1.82) is 0 Å². The van der Waals surface area contributed by atoms with E-state index in [1.165, 1.54) is 0 Å². The molecule has 0 aliphatic carbocycles. The van der Waals surface area contributed by atoms with Crippen molar-refractivity contribution in [1.82, 2.24) is 10.1 Å². The van der Waals surface area contributed by atoms with Gasteiger partial charge in [-0.2, -0.15) is 0 Å². The zero-order chi connectivity index (χ0) is 13.8. The molecule has 6 nitrogen and oxygen atoms in total. The van der Waals surface area contributed by atoms with Gasteiger partial charge in [-0.15, -0.1) is 0 Å². The van der Waals surface area contributed by atoms with Crippen LogP contribution < -0.4 is 0 Å². The SMILES string of the molecule is CO[C@H]1[C@H](N(C)Cc2cc(C)on2)COC[C@H]1OC. The zero-order valence-corrected chi connectivity index (χ0v) is 12.0. The highest BCUT2D eigenvalue weighted by Gasteiger charge is 2.36. The molecular formula is C13H22N2O4. The van der Waals surface area contributed by atoms with Gasteiger partial charge in [0.2, 0.25) is 0 Å². The van der Waals surface area contributed by atoms with Crippen LogP contribution in [0.3, 0.4) is 0 Å². The lowest BCUT2D eigenvalue weighted by atomic mass is 10.0. The van der Waals surface area contributed by atoms with Crippen molar-refractivity contribution in [2.45, 2.75) is 31.7 Å². The molecule has 108 valence electrons. The summed E-state index contributed by atoms with van der Waals surface area (Å²) in [5.41, 5.74) is 0.911. The Labute approximate surface area is 113 Å². The summed E-state index contributed by atoms with van der Waals surface area (Å²) < 4.78 is 21.7. The molecule has 0 bridgehead atoms. The number of aromatic nitrogens is 1. The van der Waals surface area contributed by atoms with Gasteiger partial charge in [0.25, 0.3) is 0 Å². The Kier molecular flexibility index (Phi) is 4.93. The fourth-order valence-electron chi connectivity index (χ4n) is 2.50. The molecule has 0 N–H and O–H groups in total. The van der Waals surface area contributed by atoms with Gasteiger partial charge in [-0.05, 0) is 14.0 Å². The first-order valence-corrected chi connectivity index (χ1v) is 6.41. The number of likely N-dealkylation sites (N-methyl/N-ethyl adjacent to an activating group) is 1. The molecule has 0 amide bonds. The van der Waals surface area contributed by atoms with Crippen molar-refractivity contribution < 1.29 is 18.7 Å². The molecule has 0 saturated carbocycles. The monoisotopic (exact) mass is 270 g/mol. The van der Waals surface area contributed by atoms with Crippen LogP contribution in [0.25, 0.3) is 0 Å². The predicted octanol–water partition coefficient (Wildman–Crippen LogP) is 0.844. The third kappa shape index (κ3) is 3.33. The maximum absolute atomic E-state index is 5.59. The van der Waals surface area contributed by atoms with Crippen molar-refractivity contribution in [2.75, 3.05) is 34.5 Å². The van der Waals surface area contributed by atoms with E-state index in [4.69, 9.17) is 18.7 Å². The Bertz CT molecular complexity index is 396. The summed E-state index contributed by atoms with van der Waals surface area (Å²) in [5.74, 6) is 0.821. The second kappa shape index (κ2) is 6.47. The van der Waals surface area contributed by atoms with E-state index in [0.29, 0.717) is 19.8 Å². The van der Waals surface area contributed by atoms with Crippen LogP contribution in [0.4, 0.5) is 0 Å². The first-order chi connectivity index (χ1) is 9.15. The lowest BCUT2D eigenvalue weighted by molar-refractivity contribution is -0.153. The second-order valence-corrected chi connectivity index (χ2v) is 4.92. The van der Waals surface area contributed by atoms with Crippen molar-refractivity contribution in [3.8, 4) is 0 Å². The van der Waals surface area contributed by atoms with Crippen molar-refractivity contribution in [2.24, 2.45) is 0 Å². The van der Waals surface area contributed by atoms with Gasteiger partial charge in [-0.1, -0.05) is 5.16 Å². The number of methoxy groups -OCH3 is 2. The normalized spacial score (nSPS) is 27.9. The molecule has 1 aliphatic rings. The lowest BCUT2D eigenvalue weighted by Crippen LogP contribution is -2.56. The fourth-order valence-corrected chi connectivity index (χ4v) is 2.50. The summed E-state index contributed by atoms with van der Waals surface area (Å²) in [6.07, 6.45) is -0.0398. The first kappa shape index (κ1) is 14.5. The first-order valence-electron chi connectivity index (χ1n) is 6.41. The van der Waals surface area contributed by atoms with Crippen LogP contribution >= 0.6 is 0 Å². The molecule has 1 aliphatic heterocycles. The molecule has 0 radical (unpaired) electrons. The second-order valence-electron chi connectivity index (χ2n) is 4.92. The predicted molar refractivity (Wildman–Crippen MR) is 68.9 cm³/mol. The van der Waals surface area contributed by atoms with E-state index in [1.807, 2.05) is 20.0 Å². The van der Waals surface area contributed by atoms with Gasteiger partial charge in [0, 0.05) is 26.8 Å². The summed E-state index contributed by atoms with van der Waals surface area (Å²) in [5, 5.41) is 4.01. The largest absolute Gasteiger partial charge is 0.377 e. The van der Waals surface area contributed by atoms with Gasteiger partial charge in [0.15, 0.2) is 0 Å². The van der Waals surface area contributed by atoms with E-state index in [-0.39, 0.29) is 18.2 Å². The standard InChI is InChI=1S/C13H22N2O4/c1-9-5-10(14-19-9)6-15(2)11-7-18-8-12(16-3)13(11)17-4/h5,11-13H,6-8H2,1-4H3/t11-,12-,13+/m1/s1. The Morgan fingerprint density at radius 2 is 2.16 bits per heavy atom. The lowest BCUT2D eigenvalue weighted by Gasteiger charge is -2.40. The molecule has 0 aromatic carbocycles. The smallest absolute Gasteiger partial charge is 0.133 e. The number of hydrogen-bond acceptors (Lipinski definition) is 6. The Hall–Kier alpha value is -0.950. The van der Waals surface area contributed by atoms with Gasteiger partial charge < -0.3 is 18.7 Å². The minimum Gasteiger partial charge on any atom is -0.377 e. The van der Waals surface area contributed by atoms with Crippen LogP contribution in [-0.2, 0) is 20.8 Å². The van der Waals surface area contributed by atoms with Crippen LogP contribution in [0.15, 0.2) is 10.6 Å². The third-order valence-corrected chi connectivity index (χ3v) is 3.55. The molecule has 1 saturated heterocycles. The molecular weight excluding hydrogens is 248 g/mol. The van der Waals surface area contributed by atoms with Gasteiger partial charge >= 0.3 is 0 Å². The molecule has 1 aromatic rings. The van der Waals surface area contributed by atoms with Crippen LogP contribution in [0.1, 0.15) is 11.5 Å². The van der Waals surface area contributed by atoms with E-state index < -0.39 is 0 Å². The maximum Gasteiger partial charge on any atom is 0.133 e. The van der Waals surface area contributed by atoms with Crippen molar-refractivity contribution >= 4 is 0 Å². The Balaban J connectivity index is 2.01. The average Bonchev–Trinajstić information content (AvgIpc) is 2.82. The Morgan fingerprint density at radius 1 is 1.37 bits per heavy atom. The minimum absolute atomic E-state index is 0.00301. The summed E-state index contributed by atoms with van der Waals surface area (Å²) >= 11 is 0. The highest BCUT2D eigenvalue weighted by molar-refractivity contribution is 5.04. The average molecular weight is 270 g/mol. The van der Waals surface area contributed by atoms with E-state index in [1.54, 1.807) is 14.2 Å². The van der Waals surface area contributed by atoms with Gasteiger partial charge in [0.05, 0.1) is 24.9 Å². The Morgan fingerprint density at radius 3 is 2.74 bits per heavy atom. The maximum atomic E-state index is 5.59. The quantitative estimate of drug-likeness (QED) is 0.790. The summed E-state index contributed by atoms with van der Waals surface area (Å²) in [6, 6.07) is 2.08. The number of aryl methyl sites for hydroxylation is 1. The van der Waals surface area contributed by atoms with E-state index >= 15 is 0 Å². The number of ether oxygens (including phenoxy) is 3. The number of nitrogens with zero attached hydrogens (tertiary/aromatic N) is 2. The summed E-state index contributed by atoms with van der Waals surface area (Å²) in [4.78, 5) is 2.16. The van der Waals surface area contributed by atoms with Crippen LogP contribution in [-0.4, -0.2) is 62.8 Å². The molecule has 0 unspecified atom stereocenters. The van der Waals surface area contributed by atoms with Crippen LogP contribution in [0, 0.1) is 6.92 Å². The molecule has 1 aromatic heterocycles. The molecule has 3 atom stereocenters. The molecule has 1 fully saturated rings. The summed E-state index contributed by atoms with van der Waals surface area (Å²) in [6.45, 7) is 3.79. The van der Waals surface area contributed by atoms with Crippen LogP contribution in [0.2, 0.25) is 0 Å². The highest BCUT2D eigenvalue weighted by Crippen LogP contribution is 2.20. The van der Waals surface area contributed by atoms with Crippen molar-refractivity contribution in [3.05, 3.63) is 17.5 Å². The van der Waals surface area contributed by atoms with E-state index in [0.717, 1.165) is 11.5 Å². The molecule has 2 heterocycles. The van der Waals surface area contributed by atoms with Gasteiger partial charge in [-0.3, -0.25) is 4.90 Å². The zero-order valence-electron chi connectivity index (χ0n) is 12.0. The van der Waals surface area contributed by atoms with Crippen molar-refractivity contribution in [3.63, 3.8) is 0 Å². The van der Waals surface area contributed by atoms with E-state index in [9.17, 15) is 0 Å². The highest BCUT2D eigenvalue weighted by atomic mass is 16.6. The van der Waals surface area contributed by atoms with Gasteiger partial charge in [0.1, 0.15) is 18.0 Å². The van der Waals surface area contributed by atoms with E-state index in [2.05, 4.69) is 10.1 Å². The summed E-state index contributed by atoms with van der Waals surface area (Å²) in [7, 11) is 5.43. The molecule has 0 spiro atoms. The molecule has 2 rings (SSSR count). The fraction of sp³-hybridized carbons (Fsp3) is 0.769. The number of hydrogen-bond donors (Lipinski definition) is 0.